The van der Waals surface area contributed by atoms with Crippen LogP contribution in [0.15, 0.2) is 51.7 Å². The Morgan fingerprint density at radius 1 is 1.19 bits per heavy atom. The quantitative estimate of drug-likeness (QED) is 0.643. The molecule has 0 spiro atoms. The number of aromatic hydroxyl groups is 1. The summed E-state index contributed by atoms with van der Waals surface area (Å²) in [6.45, 7) is 2.09. The fourth-order valence-electron chi connectivity index (χ4n) is 4.61. The number of carbonyl (C=O) groups is 1. The summed E-state index contributed by atoms with van der Waals surface area (Å²) in [4.78, 5) is 28.4. The van der Waals surface area contributed by atoms with Crippen molar-refractivity contribution >= 4 is 26.7 Å². The number of hydrogen-bond donors (Lipinski definition) is 1. The van der Waals surface area contributed by atoms with E-state index in [1.807, 2.05) is 0 Å². The molecule has 0 radical (unpaired) electrons. The lowest BCUT2D eigenvalue weighted by Crippen LogP contribution is -2.40. The first-order chi connectivity index (χ1) is 15.3. The molecule has 9 heteroatoms. The highest BCUT2D eigenvalue weighted by atomic mass is 32.2. The maximum atomic E-state index is 13.5. The maximum Gasteiger partial charge on any atom is 0.291 e. The summed E-state index contributed by atoms with van der Waals surface area (Å²) in [6, 6.07) is 9.87. The van der Waals surface area contributed by atoms with Crippen molar-refractivity contribution in [2.24, 2.45) is 0 Å². The Morgan fingerprint density at radius 2 is 1.97 bits per heavy atom. The second-order valence-electron chi connectivity index (χ2n) is 8.00. The van der Waals surface area contributed by atoms with Crippen molar-refractivity contribution in [2.45, 2.75) is 25.4 Å². The summed E-state index contributed by atoms with van der Waals surface area (Å²) in [5.41, 5.74) is 0.663. The number of sulfone groups is 1. The SMILES string of the molecule is CCOc1cc([C@H]2c3c(oc4ccccc4c3=O)C(=O)N2[C@@H]2CCS(=O)(=O)C2)ccc1O. The summed E-state index contributed by atoms with van der Waals surface area (Å²) in [6.07, 6.45) is 0.280. The molecule has 1 N–H and O–H groups in total. The fourth-order valence-corrected chi connectivity index (χ4v) is 6.32. The predicted molar refractivity (Wildman–Crippen MR) is 117 cm³/mol. The molecule has 2 aromatic carbocycles. The zero-order valence-corrected chi connectivity index (χ0v) is 18.1. The molecule has 3 aromatic rings. The molecular formula is C23H21NO7S. The van der Waals surface area contributed by atoms with Crippen molar-refractivity contribution in [3.63, 3.8) is 0 Å². The van der Waals surface area contributed by atoms with Gasteiger partial charge in [0.1, 0.15) is 5.58 Å². The fraction of sp³-hybridized carbons (Fsp3) is 0.304. The van der Waals surface area contributed by atoms with Gasteiger partial charge in [0.05, 0.1) is 35.1 Å². The van der Waals surface area contributed by atoms with Crippen LogP contribution in [0.2, 0.25) is 0 Å². The van der Waals surface area contributed by atoms with Crippen LogP contribution in [0.4, 0.5) is 0 Å². The van der Waals surface area contributed by atoms with E-state index >= 15 is 0 Å². The monoisotopic (exact) mass is 455 g/mol. The van der Waals surface area contributed by atoms with Crippen LogP contribution < -0.4 is 10.2 Å². The van der Waals surface area contributed by atoms with E-state index in [1.54, 1.807) is 43.3 Å². The second-order valence-corrected chi connectivity index (χ2v) is 10.2. The van der Waals surface area contributed by atoms with Crippen LogP contribution in [0.3, 0.4) is 0 Å². The van der Waals surface area contributed by atoms with E-state index in [1.165, 1.54) is 11.0 Å². The molecule has 0 saturated carbocycles. The minimum atomic E-state index is -3.29. The normalized spacial score (nSPS) is 21.8. The Kier molecular flexibility index (Phi) is 4.74. The van der Waals surface area contributed by atoms with E-state index in [9.17, 15) is 23.1 Å². The lowest BCUT2D eigenvalue weighted by atomic mass is 9.97. The van der Waals surface area contributed by atoms with Crippen LogP contribution in [0.1, 0.15) is 41.1 Å². The van der Waals surface area contributed by atoms with Crippen molar-refractivity contribution in [3.05, 3.63) is 69.6 Å². The van der Waals surface area contributed by atoms with E-state index < -0.39 is 27.8 Å². The molecule has 5 rings (SSSR count). The highest BCUT2D eigenvalue weighted by molar-refractivity contribution is 7.91. The minimum Gasteiger partial charge on any atom is -0.504 e. The third-order valence-corrected chi connectivity index (χ3v) is 7.76. The Balaban J connectivity index is 1.75. The van der Waals surface area contributed by atoms with Crippen molar-refractivity contribution in [3.8, 4) is 11.5 Å². The molecule has 2 atom stereocenters. The van der Waals surface area contributed by atoms with Crippen LogP contribution in [0, 0.1) is 0 Å². The average Bonchev–Trinajstić information content (AvgIpc) is 3.27. The molecule has 1 aromatic heterocycles. The van der Waals surface area contributed by atoms with Gasteiger partial charge in [0, 0.05) is 6.04 Å². The number of carbonyl (C=O) groups excluding carboxylic acids is 1. The van der Waals surface area contributed by atoms with Crippen LogP contribution in [0.5, 0.6) is 11.5 Å². The second kappa shape index (κ2) is 7.37. The number of phenolic OH excluding ortho intramolecular Hbond substituents is 1. The van der Waals surface area contributed by atoms with Gasteiger partial charge in [-0.2, -0.15) is 0 Å². The van der Waals surface area contributed by atoms with Crippen molar-refractivity contribution in [1.29, 1.82) is 0 Å². The first kappa shape index (κ1) is 20.6. The number of para-hydroxylation sites is 1. The molecular weight excluding hydrogens is 434 g/mol. The number of hydrogen-bond acceptors (Lipinski definition) is 7. The Bertz CT molecular complexity index is 1410. The third-order valence-electron chi connectivity index (χ3n) is 6.01. The number of ether oxygens (including phenoxy) is 1. The molecule has 8 nitrogen and oxygen atoms in total. The van der Waals surface area contributed by atoms with Crippen LogP contribution in [-0.2, 0) is 9.84 Å². The van der Waals surface area contributed by atoms with Gasteiger partial charge < -0.3 is 19.2 Å². The first-order valence-electron chi connectivity index (χ1n) is 10.3. The standard InChI is InChI=1S/C23H21NO7S/c1-2-30-18-11-13(7-8-16(18)25)20-19-21(26)15-5-3-4-6-17(15)31-22(19)23(27)24(20)14-9-10-32(28,29)12-14/h3-8,11,14,20,25H,2,9-10,12H2,1H3/t14-,20+/m1/s1. The average molecular weight is 455 g/mol. The van der Waals surface area contributed by atoms with Gasteiger partial charge in [-0.3, -0.25) is 9.59 Å². The summed E-state index contributed by atoms with van der Waals surface area (Å²) in [5.74, 6) is -0.633. The number of rotatable bonds is 4. The smallest absolute Gasteiger partial charge is 0.291 e. The zero-order chi connectivity index (χ0) is 22.6. The molecule has 0 unspecified atom stereocenters. The van der Waals surface area contributed by atoms with Crippen molar-refractivity contribution in [1.82, 2.24) is 4.90 Å². The van der Waals surface area contributed by atoms with Gasteiger partial charge in [-0.15, -0.1) is 0 Å². The van der Waals surface area contributed by atoms with E-state index in [0.29, 0.717) is 23.1 Å². The molecule has 32 heavy (non-hydrogen) atoms. The predicted octanol–water partition coefficient (Wildman–Crippen LogP) is 2.63. The van der Waals surface area contributed by atoms with Gasteiger partial charge in [-0.05, 0) is 43.2 Å². The lowest BCUT2D eigenvalue weighted by Gasteiger charge is -2.30. The van der Waals surface area contributed by atoms with Crippen LogP contribution >= 0.6 is 0 Å². The van der Waals surface area contributed by atoms with E-state index in [0.717, 1.165) is 0 Å². The number of fused-ring (bicyclic) bond motifs is 2. The van der Waals surface area contributed by atoms with Gasteiger partial charge >= 0.3 is 0 Å². The molecule has 0 aliphatic carbocycles. The van der Waals surface area contributed by atoms with Crippen LogP contribution in [0.25, 0.3) is 11.0 Å². The van der Waals surface area contributed by atoms with E-state index in [4.69, 9.17) is 9.15 Å². The first-order valence-corrected chi connectivity index (χ1v) is 12.2. The highest BCUT2D eigenvalue weighted by Gasteiger charge is 2.48. The van der Waals surface area contributed by atoms with Gasteiger partial charge in [-0.25, -0.2) is 8.42 Å². The largest absolute Gasteiger partial charge is 0.504 e. The molecule has 1 fully saturated rings. The summed E-state index contributed by atoms with van der Waals surface area (Å²) in [5, 5.41) is 10.5. The van der Waals surface area contributed by atoms with Crippen molar-refractivity contribution < 1.29 is 27.5 Å². The highest BCUT2D eigenvalue weighted by Crippen LogP contribution is 2.43. The molecule has 166 valence electrons. The molecule has 2 aliphatic rings. The summed E-state index contributed by atoms with van der Waals surface area (Å²) < 4.78 is 35.7. The molecule has 1 amide bonds. The number of nitrogens with zero attached hydrogens (tertiary/aromatic N) is 1. The molecule has 1 saturated heterocycles. The van der Waals surface area contributed by atoms with E-state index in [2.05, 4.69) is 0 Å². The molecule has 2 aliphatic heterocycles. The number of amides is 1. The van der Waals surface area contributed by atoms with Gasteiger partial charge in [0.25, 0.3) is 5.91 Å². The topological polar surface area (TPSA) is 114 Å². The Morgan fingerprint density at radius 3 is 2.69 bits per heavy atom. The Labute approximate surface area is 183 Å². The van der Waals surface area contributed by atoms with Gasteiger partial charge in [-0.1, -0.05) is 18.2 Å². The third kappa shape index (κ3) is 3.15. The van der Waals surface area contributed by atoms with E-state index in [-0.39, 0.29) is 46.2 Å². The van der Waals surface area contributed by atoms with Gasteiger partial charge in [0.15, 0.2) is 26.8 Å². The summed E-state index contributed by atoms with van der Waals surface area (Å²) in [7, 11) is -3.29. The van der Waals surface area contributed by atoms with Crippen molar-refractivity contribution in [2.75, 3.05) is 18.1 Å². The molecule has 3 heterocycles. The minimum absolute atomic E-state index is 0.0202. The number of benzene rings is 2. The maximum absolute atomic E-state index is 13.5. The van der Waals surface area contributed by atoms with Gasteiger partial charge in [0.2, 0.25) is 5.76 Å². The van der Waals surface area contributed by atoms with Crippen LogP contribution in [-0.4, -0.2) is 48.5 Å². The zero-order valence-electron chi connectivity index (χ0n) is 17.3. The lowest BCUT2D eigenvalue weighted by molar-refractivity contribution is 0.0662. The number of phenols is 1. The summed E-state index contributed by atoms with van der Waals surface area (Å²) >= 11 is 0. The Hall–Kier alpha value is -3.33. The molecule has 0 bridgehead atoms.